The van der Waals surface area contributed by atoms with Crippen molar-refractivity contribution in [2.45, 2.75) is 13.0 Å². The Balaban J connectivity index is 1.64. The third-order valence-electron chi connectivity index (χ3n) is 4.03. The maximum Gasteiger partial charge on any atom is 0.417 e. The fourth-order valence-corrected chi connectivity index (χ4v) is 2.73. The second kappa shape index (κ2) is 7.27. The van der Waals surface area contributed by atoms with Crippen molar-refractivity contribution in [3.8, 4) is 11.1 Å². The van der Waals surface area contributed by atoms with E-state index < -0.39 is 12.1 Å². The lowest BCUT2D eigenvalue weighted by atomic mass is 10.0. The van der Waals surface area contributed by atoms with E-state index in [0.29, 0.717) is 25.2 Å². The van der Waals surface area contributed by atoms with Crippen LogP contribution in [0.3, 0.4) is 0 Å². The molecule has 0 aromatic heterocycles. The van der Waals surface area contributed by atoms with Gasteiger partial charge in [0, 0.05) is 25.7 Å². The Morgan fingerprint density at radius 2 is 1.71 bits per heavy atom. The second-order valence-corrected chi connectivity index (χ2v) is 5.90. The summed E-state index contributed by atoms with van der Waals surface area (Å²) in [5.41, 5.74) is 2.45. The number of carbonyl (C=O) groups is 2. The van der Waals surface area contributed by atoms with Crippen LogP contribution in [-0.2, 0) is 4.74 Å². The summed E-state index contributed by atoms with van der Waals surface area (Å²) in [7, 11) is 0. The van der Waals surface area contributed by atoms with Crippen LogP contribution in [0.1, 0.15) is 17.3 Å². The Kier molecular flexibility index (Phi) is 4.91. The monoisotopic (exact) mass is 324 g/mol. The van der Waals surface area contributed by atoms with Gasteiger partial charge in [-0.1, -0.05) is 42.5 Å². The molecule has 5 nitrogen and oxygen atoms in total. The molecule has 2 aromatic carbocycles. The summed E-state index contributed by atoms with van der Waals surface area (Å²) >= 11 is 0. The van der Waals surface area contributed by atoms with Gasteiger partial charge in [0.05, 0.1) is 5.56 Å². The van der Waals surface area contributed by atoms with Crippen LogP contribution in [0.25, 0.3) is 11.1 Å². The third-order valence-corrected chi connectivity index (χ3v) is 4.03. The molecular weight excluding hydrogens is 304 g/mol. The van der Waals surface area contributed by atoms with Crippen molar-refractivity contribution >= 4 is 12.1 Å². The summed E-state index contributed by atoms with van der Waals surface area (Å²) in [5.74, 6) is -0.620. The Hall–Kier alpha value is -2.66. The van der Waals surface area contributed by atoms with Gasteiger partial charge >= 0.3 is 12.1 Å². The van der Waals surface area contributed by atoms with Crippen LogP contribution in [0.15, 0.2) is 54.6 Å². The molecule has 0 aliphatic carbocycles. The number of amides is 1. The van der Waals surface area contributed by atoms with E-state index in [0.717, 1.165) is 11.1 Å². The lowest BCUT2D eigenvalue weighted by Crippen LogP contribution is -2.51. The van der Waals surface area contributed by atoms with E-state index in [9.17, 15) is 9.59 Å². The maximum absolute atomic E-state index is 12.1. The molecule has 2 aromatic rings. The zero-order chi connectivity index (χ0) is 16.9. The smallest absolute Gasteiger partial charge is 0.372 e. The predicted octanol–water partition coefficient (Wildman–Crippen LogP) is 2.92. The molecule has 0 spiro atoms. The molecule has 1 saturated heterocycles. The lowest BCUT2D eigenvalue weighted by Gasteiger charge is -2.30. The third kappa shape index (κ3) is 3.81. The van der Waals surface area contributed by atoms with Crippen molar-refractivity contribution in [3.63, 3.8) is 0 Å². The molecule has 24 heavy (non-hydrogen) atoms. The number of hydrogen-bond acceptors (Lipinski definition) is 4. The zero-order valence-corrected chi connectivity index (χ0v) is 13.6. The Morgan fingerprint density at radius 1 is 1.04 bits per heavy atom. The van der Waals surface area contributed by atoms with Gasteiger partial charge in [-0.05, 0) is 30.2 Å². The van der Waals surface area contributed by atoms with Gasteiger partial charge < -0.3 is 15.0 Å². The van der Waals surface area contributed by atoms with E-state index >= 15 is 0 Å². The van der Waals surface area contributed by atoms with Gasteiger partial charge in [-0.3, -0.25) is 0 Å². The number of rotatable bonds is 2. The first kappa shape index (κ1) is 16.2. The maximum atomic E-state index is 12.1. The van der Waals surface area contributed by atoms with Gasteiger partial charge in [-0.15, -0.1) is 0 Å². The van der Waals surface area contributed by atoms with Crippen LogP contribution in [-0.4, -0.2) is 42.6 Å². The van der Waals surface area contributed by atoms with E-state index in [4.69, 9.17) is 4.74 Å². The SMILES string of the molecule is CC1CN(C(=O)OC(=O)c2ccc(-c3ccccc3)cc2)CCN1. The summed E-state index contributed by atoms with van der Waals surface area (Å²) in [6, 6.07) is 17.1. The van der Waals surface area contributed by atoms with E-state index in [2.05, 4.69) is 5.32 Å². The summed E-state index contributed by atoms with van der Waals surface area (Å²) in [6.45, 7) is 3.78. The summed E-state index contributed by atoms with van der Waals surface area (Å²) in [5, 5.41) is 3.24. The number of carbonyl (C=O) groups excluding carboxylic acids is 2. The van der Waals surface area contributed by atoms with Crippen LogP contribution in [0.5, 0.6) is 0 Å². The fraction of sp³-hybridized carbons (Fsp3) is 0.263. The number of nitrogens with zero attached hydrogens (tertiary/aromatic N) is 1. The minimum Gasteiger partial charge on any atom is -0.372 e. The number of benzene rings is 2. The minimum atomic E-state index is -0.620. The average molecular weight is 324 g/mol. The molecule has 1 unspecified atom stereocenters. The topological polar surface area (TPSA) is 58.6 Å². The van der Waals surface area contributed by atoms with E-state index in [1.807, 2.05) is 49.4 Å². The minimum absolute atomic E-state index is 0.201. The van der Waals surface area contributed by atoms with E-state index in [-0.39, 0.29) is 6.04 Å². The molecule has 0 saturated carbocycles. The molecule has 1 heterocycles. The molecule has 1 atom stereocenters. The largest absolute Gasteiger partial charge is 0.417 e. The van der Waals surface area contributed by atoms with Gasteiger partial charge in [0.1, 0.15) is 0 Å². The van der Waals surface area contributed by atoms with Gasteiger partial charge in [0.25, 0.3) is 0 Å². The standard InChI is InChI=1S/C19H20N2O3/c1-14-13-21(12-11-20-14)19(23)24-18(22)17-9-7-16(8-10-17)15-5-3-2-4-6-15/h2-10,14,20H,11-13H2,1H3. The fourth-order valence-electron chi connectivity index (χ4n) is 2.73. The van der Waals surface area contributed by atoms with Crippen molar-refractivity contribution in [1.82, 2.24) is 10.2 Å². The van der Waals surface area contributed by atoms with Gasteiger partial charge in [0.2, 0.25) is 0 Å². The van der Waals surface area contributed by atoms with Crippen molar-refractivity contribution < 1.29 is 14.3 Å². The summed E-state index contributed by atoms with van der Waals surface area (Å²) in [6.07, 6.45) is -0.583. The highest BCUT2D eigenvalue weighted by Gasteiger charge is 2.24. The van der Waals surface area contributed by atoms with Crippen molar-refractivity contribution in [3.05, 3.63) is 60.2 Å². The van der Waals surface area contributed by atoms with Crippen LogP contribution >= 0.6 is 0 Å². The molecule has 1 fully saturated rings. The molecule has 1 aliphatic heterocycles. The zero-order valence-electron chi connectivity index (χ0n) is 13.6. The molecule has 3 rings (SSSR count). The summed E-state index contributed by atoms with van der Waals surface area (Å²) < 4.78 is 4.99. The van der Waals surface area contributed by atoms with Crippen LogP contribution < -0.4 is 5.32 Å². The van der Waals surface area contributed by atoms with E-state index in [1.165, 1.54) is 0 Å². The highest BCUT2D eigenvalue weighted by Crippen LogP contribution is 2.19. The first-order chi connectivity index (χ1) is 11.6. The van der Waals surface area contributed by atoms with Crippen LogP contribution in [0.2, 0.25) is 0 Å². The Bertz CT molecular complexity index is 713. The predicted molar refractivity (Wildman–Crippen MR) is 91.7 cm³/mol. The molecule has 0 radical (unpaired) electrons. The molecule has 1 aliphatic rings. The first-order valence-corrected chi connectivity index (χ1v) is 8.03. The highest BCUT2D eigenvalue weighted by molar-refractivity contribution is 5.96. The number of ether oxygens (including phenoxy) is 1. The highest BCUT2D eigenvalue weighted by atomic mass is 16.6. The lowest BCUT2D eigenvalue weighted by molar-refractivity contribution is 0.0519. The van der Waals surface area contributed by atoms with Gasteiger partial charge in [0.15, 0.2) is 0 Å². The molecular formula is C19H20N2O3. The van der Waals surface area contributed by atoms with Crippen molar-refractivity contribution in [2.24, 2.45) is 0 Å². The number of nitrogens with one attached hydrogen (secondary N) is 1. The molecule has 1 amide bonds. The van der Waals surface area contributed by atoms with Gasteiger partial charge in [-0.2, -0.15) is 0 Å². The van der Waals surface area contributed by atoms with Crippen molar-refractivity contribution in [1.29, 1.82) is 0 Å². The normalized spacial score (nSPS) is 17.4. The quantitative estimate of drug-likeness (QED) is 0.682. The Morgan fingerprint density at radius 3 is 2.38 bits per heavy atom. The van der Waals surface area contributed by atoms with Crippen LogP contribution in [0.4, 0.5) is 4.79 Å². The second-order valence-electron chi connectivity index (χ2n) is 5.90. The molecule has 0 bridgehead atoms. The number of piperazine rings is 1. The number of esters is 1. The van der Waals surface area contributed by atoms with Crippen LogP contribution in [0, 0.1) is 0 Å². The summed E-state index contributed by atoms with van der Waals surface area (Å²) in [4.78, 5) is 25.8. The average Bonchev–Trinajstić information content (AvgIpc) is 2.62. The van der Waals surface area contributed by atoms with E-state index in [1.54, 1.807) is 17.0 Å². The molecule has 1 N–H and O–H groups in total. The Labute approximate surface area is 141 Å². The number of hydrogen-bond donors (Lipinski definition) is 1. The molecule has 124 valence electrons. The van der Waals surface area contributed by atoms with Gasteiger partial charge in [-0.25, -0.2) is 9.59 Å². The first-order valence-electron chi connectivity index (χ1n) is 8.03. The molecule has 5 heteroatoms. The van der Waals surface area contributed by atoms with Crippen molar-refractivity contribution in [2.75, 3.05) is 19.6 Å².